The Hall–Kier alpha value is -0.530. The molecule has 0 aliphatic heterocycles. The zero-order valence-electron chi connectivity index (χ0n) is 8.05. The first-order chi connectivity index (χ1) is 6.19. The lowest BCUT2D eigenvalue weighted by Crippen LogP contribution is -1.97. The molecule has 13 heavy (non-hydrogen) atoms. The summed E-state index contributed by atoms with van der Waals surface area (Å²) in [7, 11) is 0. The fraction of sp³-hybridized carbons (Fsp3) is 0.455. The van der Waals surface area contributed by atoms with Crippen LogP contribution in [0.1, 0.15) is 37.5 Å². The Kier molecular flexibility index (Phi) is 3.76. The highest BCUT2D eigenvalue weighted by Crippen LogP contribution is 2.26. The van der Waals surface area contributed by atoms with Crippen molar-refractivity contribution in [1.29, 1.82) is 0 Å². The molecule has 0 saturated carbocycles. The summed E-state index contributed by atoms with van der Waals surface area (Å²) in [5.74, 6) is 0. The predicted octanol–water partition coefficient (Wildman–Crippen LogP) is 3.35. The fourth-order valence-corrected chi connectivity index (χ4v) is 1.53. The molecule has 1 aromatic rings. The first kappa shape index (κ1) is 10.6. The molecular weight excluding hydrogens is 184 g/mol. The van der Waals surface area contributed by atoms with E-state index in [0.717, 1.165) is 12.0 Å². The summed E-state index contributed by atoms with van der Waals surface area (Å²) in [6, 6.07) is 5.83. The van der Waals surface area contributed by atoms with Crippen molar-refractivity contribution in [3.63, 3.8) is 0 Å². The van der Waals surface area contributed by atoms with E-state index in [1.165, 1.54) is 5.56 Å². The monoisotopic (exact) mass is 198 g/mol. The van der Waals surface area contributed by atoms with Crippen LogP contribution in [0.5, 0.6) is 0 Å². The third-order valence-corrected chi connectivity index (χ3v) is 2.56. The number of aliphatic hydroxyl groups excluding tert-OH is 1. The van der Waals surface area contributed by atoms with E-state index in [4.69, 9.17) is 11.6 Å². The van der Waals surface area contributed by atoms with E-state index in [2.05, 4.69) is 6.92 Å². The number of halogens is 1. The Balaban J connectivity index is 3.03. The largest absolute Gasteiger partial charge is 0.388 e. The average molecular weight is 199 g/mol. The van der Waals surface area contributed by atoms with Crippen LogP contribution in [-0.2, 0) is 6.42 Å². The quantitative estimate of drug-likeness (QED) is 0.790. The molecule has 1 N–H and O–H groups in total. The minimum atomic E-state index is -0.431. The maximum atomic E-state index is 9.65. The van der Waals surface area contributed by atoms with E-state index < -0.39 is 6.10 Å². The fourth-order valence-electron chi connectivity index (χ4n) is 1.29. The molecule has 1 unspecified atom stereocenters. The van der Waals surface area contributed by atoms with Crippen LogP contribution in [0.4, 0.5) is 0 Å². The van der Waals surface area contributed by atoms with Gasteiger partial charge in [-0.3, -0.25) is 0 Å². The minimum Gasteiger partial charge on any atom is -0.388 e. The highest BCUT2D eigenvalue weighted by Gasteiger charge is 2.09. The van der Waals surface area contributed by atoms with E-state index >= 15 is 0 Å². The first-order valence-electron chi connectivity index (χ1n) is 4.65. The third-order valence-electron chi connectivity index (χ3n) is 2.21. The number of hydrogen-bond donors (Lipinski definition) is 1. The van der Waals surface area contributed by atoms with Gasteiger partial charge in [-0.05, 0) is 30.0 Å². The lowest BCUT2D eigenvalue weighted by Gasteiger charge is -2.11. The van der Waals surface area contributed by atoms with Crippen LogP contribution >= 0.6 is 11.6 Å². The van der Waals surface area contributed by atoms with Gasteiger partial charge in [-0.25, -0.2) is 0 Å². The Morgan fingerprint density at radius 1 is 1.38 bits per heavy atom. The maximum absolute atomic E-state index is 9.65. The zero-order valence-corrected chi connectivity index (χ0v) is 8.80. The molecule has 0 heterocycles. The minimum absolute atomic E-state index is 0.431. The van der Waals surface area contributed by atoms with Crippen molar-refractivity contribution < 1.29 is 5.11 Å². The topological polar surface area (TPSA) is 20.2 Å². The normalized spacial score (nSPS) is 12.9. The summed E-state index contributed by atoms with van der Waals surface area (Å²) in [6.45, 7) is 4.03. The van der Waals surface area contributed by atoms with Crippen LogP contribution in [0.3, 0.4) is 0 Å². The smallest absolute Gasteiger partial charge is 0.0801 e. The van der Waals surface area contributed by atoms with Gasteiger partial charge in [0.2, 0.25) is 0 Å². The van der Waals surface area contributed by atoms with Crippen LogP contribution in [0.15, 0.2) is 18.2 Å². The Bertz CT molecular complexity index is 283. The number of aliphatic hydroxyl groups is 1. The van der Waals surface area contributed by atoms with Gasteiger partial charge in [0.15, 0.2) is 0 Å². The van der Waals surface area contributed by atoms with E-state index in [0.29, 0.717) is 11.4 Å². The van der Waals surface area contributed by atoms with E-state index in [1.54, 1.807) is 0 Å². The van der Waals surface area contributed by atoms with E-state index in [1.807, 2.05) is 25.1 Å². The summed E-state index contributed by atoms with van der Waals surface area (Å²) >= 11 is 5.97. The Morgan fingerprint density at radius 3 is 2.62 bits per heavy atom. The molecule has 0 amide bonds. The van der Waals surface area contributed by atoms with Crippen molar-refractivity contribution >= 4 is 11.6 Å². The summed E-state index contributed by atoms with van der Waals surface area (Å²) in [6.07, 6.45) is 1.24. The first-order valence-corrected chi connectivity index (χ1v) is 5.03. The number of benzene rings is 1. The SMILES string of the molecule is CCc1ccc(Cl)c(C(O)CC)c1. The summed E-state index contributed by atoms with van der Waals surface area (Å²) < 4.78 is 0. The second kappa shape index (κ2) is 4.64. The van der Waals surface area contributed by atoms with Crippen molar-refractivity contribution in [2.45, 2.75) is 32.8 Å². The molecule has 0 fully saturated rings. The predicted molar refractivity (Wildman–Crippen MR) is 56.1 cm³/mol. The zero-order chi connectivity index (χ0) is 9.84. The van der Waals surface area contributed by atoms with Crippen molar-refractivity contribution in [3.8, 4) is 0 Å². The van der Waals surface area contributed by atoms with E-state index in [9.17, 15) is 5.11 Å². The summed E-state index contributed by atoms with van der Waals surface area (Å²) in [5.41, 5.74) is 2.07. The van der Waals surface area contributed by atoms with Gasteiger partial charge < -0.3 is 5.11 Å². The van der Waals surface area contributed by atoms with Crippen LogP contribution in [0, 0.1) is 0 Å². The number of hydrogen-bond acceptors (Lipinski definition) is 1. The van der Waals surface area contributed by atoms with Gasteiger partial charge in [0.05, 0.1) is 6.10 Å². The molecule has 0 radical (unpaired) electrons. The molecule has 0 aromatic heterocycles. The lowest BCUT2D eigenvalue weighted by atomic mass is 10.0. The second-order valence-corrected chi connectivity index (χ2v) is 3.54. The van der Waals surface area contributed by atoms with Gasteiger partial charge in [-0.1, -0.05) is 37.6 Å². The number of rotatable bonds is 3. The highest BCUT2D eigenvalue weighted by molar-refractivity contribution is 6.31. The summed E-state index contributed by atoms with van der Waals surface area (Å²) in [5, 5.41) is 10.3. The molecule has 1 atom stereocenters. The van der Waals surface area contributed by atoms with Crippen LogP contribution in [-0.4, -0.2) is 5.11 Å². The van der Waals surface area contributed by atoms with Gasteiger partial charge >= 0.3 is 0 Å². The Morgan fingerprint density at radius 2 is 2.08 bits per heavy atom. The Labute approximate surface area is 84.4 Å². The molecule has 2 heteroatoms. The molecule has 0 aliphatic rings. The molecule has 1 aromatic carbocycles. The summed E-state index contributed by atoms with van der Waals surface area (Å²) in [4.78, 5) is 0. The molecule has 0 saturated heterocycles. The molecule has 0 spiro atoms. The van der Waals surface area contributed by atoms with Gasteiger partial charge in [-0.15, -0.1) is 0 Å². The van der Waals surface area contributed by atoms with Gasteiger partial charge in [-0.2, -0.15) is 0 Å². The second-order valence-electron chi connectivity index (χ2n) is 3.13. The standard InChI is InChI=1S/C11H15ClO/c1-3-8-5-6-10(12)9(7-8)11(13)4-2/h5-7,11,13H,3-4H2,1-2H3. The molecular formula is C11H15ClO. The van der Waals surface area contributed by atoms with Gasteiger partial charge in [0, 0.05) is 5.02 Å². The number of aryl methyl sites for hydroxylation is 1. The molecule has 1 rings (SSSR count). The van der Waals surface area contributed by atoms with Crippen molar-refractivity contribution in [2.75, 3.05) is 0 Å². The molecule has 72 valence electrons. The van der Waals surface area contributed by atoms with Gasteiger partial charge in [0.25, 0.3) is 0 Å². The third kappa shape index (κ3) is 2.45. The lowest BCUT2D eigenvalue weighted by molar-refractivity contribution is 0.173. The van der Waals surface area contributed by atoms with Crippen molar-refractivity contribution in [3.05, 3.63) is 34.3 Å². The van der Waals surface area contributed by atoms with E-state index in [-0.39, 0.29) is 0 Å². The molecule has 0 bridgehead atoms. The van der Waals surface area contributed by atoms with Crippen molar-refractivity contribution in [2.24, 2.45) is 0 Å². The highest BCUT2D eigenvalue weighted by atomic mass is 35.5. The maximum Gasteiger partial charge on any atom is 0.0801 e. The average Bonchev–Trinajstić information content (AvgIpc) is 2.17. The van der Waals surface area contributed by atoms with Crippen molar-refractivity contribution in [1.82, 2.24) is 0 Å². The van der Waals surface area contributed by atoms with Crippen LogP contribution < -0.4 is 0 Å². The van der Waals surface area contributed by atoms with Crippen LogP contribution in [0.2, 0.25) is 5.02 Å². The molecule has 0 aliphatic carbocycles. The van der Waals surface area contributed by atoms with Gasteiger partial charge in [0.1, 0.15) is 0 Å². The molecule has 1 nitrogen and oxygen atoms in total. The van der Waals surface area contributed by atoms with Crippen LogP contribution in [0.25, 0.3) is 0 Å².